The maximum atomic E-state index is 12.9. The average molecular weight is 405 g/mol. The first-order chi connectivity index (χ1) is 13.7. The van der Waals surface area contributed by atoms with E-state index in [1.165, 1.54) is 24.1 Å². The van der Waals surface area contributed by atoms with Gasteiger partial charge in [-0.3, -0.25) is 9.69 Å². The molecule has 1 aromatic heterocycles. The van der Waals surface area contributed by atoms with Crippen molar-refractivity contribution in [1.82, 2.24) is 10.2 Å². The van der Waals surface area contributed by atoms with Crippen LogP contribution in [0.25, 0.3) is 0 Å². The number of piperidine rings is 1. The third-order valence-corrected chi connectivity index (χ3v) is 6.06. The van der Waals surface area contributed by atoms with E-state index in [1.807, 2.05) is 0 Å². The van der Waals surface area contributed by atoms with E-state index in [0.29, 0.717) is 29.4 Å². The summed E-state index contributed by atoms with van der Waals surface area (Å²) in [5, 5.41) is 5.19. The van der Waals surface area contributed by atoms with Gasteiger partial charge in [-0.05, 0) is 49.5 Å². The summed E-state index contributed by atoms with van der Waals surface area (Å²) in [6.07, 6.45) is 3.71. The maximum Gasteiger partial charge on any atom is 0.251 e. The van der Waals surface area contributed by atoms with E-state index in [1.54, 1.807) is 44.8 Å². The Balaban J connectivity index is 1.75. The smallest absolute Gasteiger partial charge is 0.251 e. The fourth-order valence-corrected chi connectivity index (χ4v) is 4.49. The molecule has 0 spiro atoms. The third kappa shape index (κ3) is 4.59. The molecule has 1 aromatic carbocycles. The lowest BCUT2D eigenvalue weighted by Crippen LogP contribution is -2.40. The van der Waals surface area contributed by atoms with E-state index in [-0.39, 0.29) is 11.9 Å². The fraction of sp³-hybridized carbons (Fsp3) is 0.476. The normalized spacial score (nSPS) is 15.7. The molecule has 1 fully saturated rings. The lowest BCUT2D eigenvalue weighted by Gasteiger charge is -2.34. The highest BCUT2D eigenvalue weighted by Gasteiger charge is 2.24. The Bertz CT molecular complexity index is 748. The quantitative estimate of drug-likeness (QED) is 0.726. The molecule has 3 rings (SSSR count). The predicted octanol–water partition coefficient (Wildman–Crippen LogP) is 3.73. The zero-order chi connectivity index (χ0) is 19.9. The number of carbonyl (C=O) groups excluding carboxylic acids is 1. The predicted molar refractivity (Wildman–Crippen MR) is 111 cm³/mol. The Hall–Kier alpha value is -2.25. The molecule has 2 heterocycles. The van der Waals surface area contributed by atoms with Gasteiger partial charge in [0.1, 0.15) is 0 Å². The van der Waals surface area contributed by atoms with Crippen LogP contribution in [-0.2, 0) is 0 Å². The van der Waals surface area contributed by atoms with E-state index in [2.05, 4.69) is 27.7 Å². The number of nitrogens with zero attached hydrogens (tertiary/aromatic N) is 1. The number of hydrogen-bond donors (Lipinski definition) is 1. The Morgan fingerprint density at radius 3 is 2.32 bits per heavy atom. The van der Waals surface area contributed by atoms with Gasteiger partial charge in [0, 0.05) is 17.0 Å². The van der Waals surface area contributed by atoms with Crippen molar-refractivity contribution in [2.24, 2.45) is 0 Å². The number of ether oxygens (including phenoxy) is 3. The van der Waals surface area contributed by atoms with E-state index in [9.17, 15) is 4.79 Å². The molecule has 6 nitrogen and oxygen atoms in total. The highest BCUT2D eigenvalue weighted by atomic mass is 32.1. The highest BCUT2D eigenvalue weighted by molar-refractivity contribution is 7.10. The van der Waals surface area contributed by atoms with Gasteiger partial charge in [-0.15, -0.1) is 11.3 Å². The van der Waals surface area contributed by atoms with E-state index < -0.39 is 0 Å². The summed E-state index contributed by atoms with van der Waals surface area (Å²) < 4.78 is 16.0. The number of rotatable bonds is 8. The zero-order valence-corrected chi connectivity index (χ0v) is 17.5. The van der Waals surface area contributed by atoms with Crippen LogP contribution in [0.3, 0.4) is 0 Å². The number of methoxy groups -OCH3 is 3. The first-order valence-corrected chi connectivity index (χ1v) is 10.4. The highest BCUT2D eigenvalue weighted by Crippen LogP contribution is 2.38. The second kappa shape index (κ2) is 9.80. The standard InChI is InChI=1S/C21H28N2O4S/c1-25-17-12-15(13-18(26-2)20(17)27-3)21(24)22-14-16(19-8-7-11-28-19)23-9-5-4-6-10-23/h7-8,11-13,16H,4-6,9-10,14H2,1-3H3,(H,22,24)/t16-/m0/s1. The van der Waals surface area contributed by atoms with Crippen molar-refractivity contribution < 1.29 is 19.0 Å². The van der Waals surface area contributed by atoms with Crippen molar-refractivity contribution in [1.29, 1.82) is 0 Å². The van der Waals surface area contributed by atoms with Crippen molar-refractivity contribution in [2.75, 3.05) is 41.0 Å². The Labute approximate surface area is 170 Å². The summed E-state index contributed by atoms with van der Waals surface area (Å²) in [6.45, 7) is 2.71. The van der Waals surface area contributed by atoms with Gasteiger partial charge in [0.15, 0.2) is 11.5 Å². The Kier molecular flexibility index (Phi) is 7.17. The molecule has 1 aliphatic rings. The van der Waals surface area contributed by atoms with Crippen LogP contribution in [-0.4, -0.2) is 51.8 Å². The van der Waals surface area contributed by atoms with Gasteiger partial charge in [0.05, 0.1) is 27.4 Å². The molecular formula is C21H28N2O4S. The van der Waals surface area contributed by atoms with Crippen LogP contribution in [0, 0.1) is 0 Å². The number of amides is 1. The molecule has 152 valence electrons. The Morgan fingerprint density at radius 2 is 1.79 bits per heavy atom. The molecule has 1 aliphatic heterocycles. The van der Waals surface area contributed by atoms with Gasteiger partial charge in [0.2, 0.25) is 5.75 Å². The van der Waals surface area contributed by atoms with Crippen molar-refractivity contribution in [3.8, 4) is 17.2 Å². The van der Waals surface area contributed by atoms with Crippen LogP contribution in [0.4, 0.5) is 0 Å². The van der Waals surface area contributed by atoms with Crippen molar-refractivity contribution >= 4 is 17.2 Å². The second-order valence-corrected chi connectivity index (χ2v) is 7.73. The second-order valence-electron chi connectivity index (χ2n) is 6.75. The molecule has 1 saturated heterocycles. The van der Waals surface area contributed by atoms with Crippen LogP contribution in [0.15, 0.2) is 29.6 Å². The SMILES string of the molecule is COc1cc(C(=O)NC[C@@H](c2cccs2)N2CCCCC2)cc(OC)c1OC. The Morgan fingerprint density at radius 1 is 1.11 bits per heavy atom. The van der Waals surface area contributed by atoms with Crippen molar-refractivity contribution in [3.05, 3.63) is 40.1 Å². The third-order valence-electron chi connectivity index (χ3n) is 5.09. The molecule has 0 saturated carbocycles. The minimum Gasteiger partial charge on any atom is -0.493 e. The first-order valence-electron chi connectivity index (χ1n) is 9.53. The summed E-state index contributed by atoms with van der Waals surface area (Å²) in [6, 6.07) is 7.77. The van der Waals surface area contributed by atoms with Gasteiger partial charge >= 0.3 is 0 Å². The molecule has 0 bridgehead atoms. The molecule has 7 heteroatoms. The molecule has 1 atom stereocenters. The summed E-state index contributed by atoms with van der Waals surface area (Å²) in [4.78, 5) is 16.6. The van der Waals surface area contributed by atoms with Crippen LogP contribution >= 0.6 is 11.3 Å². The molecule has 0 aliphatic carbocycles. The zero-order valence-electron chi connectivity index (χ0n) is 16.7. The van der Waals surface area contributed by atoms with Crippen LogP contribution in [0.1, 0.15) is 40.5 Å². The number of benzene rings is 1. The van der Waals surface area contributed by atoms with Crippen LogP contribution in [0.2, 0.25) is 0 Å². The van der Waals surface area contributed by atoms with Crippen LogP contribution in [0.5, 0.6) is 17.2 Å². The molecule has 0 radical (unpaired) electrons. The number of carbonyl (C=O) groups is 1. The largest absolute Gasteiger partial charge is 0.493 e. The fourth-order valence-electron chi connectivity index (χ4n) is 3.62. The number of hydrogen-bond acceptors (Lipinski definition) is 6. The number of thiophene rings is 1. The van der Waals surface area contributed by atoms with E-state index in [0.717, 1.165) is 13.1 Å². The van der Waals surface area contributed by atoms with Crippen LogP contribution < -0.4 is 19.5 Å². The van der Waals surface area contributed by atoms with Gasteiger partial charge in [0.25, 0.3) is 5.91 Å². The molecular weight excluding hydrogens is 376 g/mol. The van der Waals surface area contributed by atoms with Crippen molar-refractivity contribution in [2.45, 2.75) is 25.3 Å². The summed E-state index contributed by atoms with van der Waals surface area (Å²) in [5.74, 6) is 1.26. The number of likely N-dealkylation sites (tertiary alicyclic amines) is 1. The minimum absolute atomic E-state index is 0.155. The van der Waals surface area contributed by atoms with Gasteiger partial charge in [-0.1, -0.05) is 12.5 Å². The summed E-state index contributed by atoms with van der Waals surface area (Å²) >= 11 is 1.74. The van der Waals surface area contributed by atoms with E-state index >= 15 is 0 Å². The monoisotopic (exact) mass is 404 g/mol. The topological polar surface area (TPSA) is 60.0 Å². The summed E-state index contributed by atoms with van der Waals surface area (Å²) in [7, 11) is 4.63. The maximum absolute atomic E-state index is 12.9. The molecule has 2 aromatic rings. The molecule has 0 unspecified atom stereocenters. The summed E-state index contributed by atoms with van der Waals surface area (Å²) in [5.41, 5.74) is 0.484. The first kappa shape index (κ1) is 20.5. The molecule has 1 amide bonds. The lowest BCUT2D eigenvalue weighted by atomic mass is 10.1. The molecule has 28 heavy (non-hydrogen) atoms. The van der Waals surface area contributed by atoms with Gasteiger partial charge in [-0.25, -0.2) is 0 Å². The van der Waals surface area contributed by atoms with Crippen molar-refractivity contribution in [3.63, 3.8) is 0 Å². The van der Waals surface area contributed by atoms with Gasteiger partial charge in [-0.2, -0.15) is 0 Å². The average Bonchev–Trinajstić information content (AvgIpc) is 3.27. The molecule has 1 N–H and O–H groups in total. The van der Waals surface area contributed by atoms with E-state index in [4.69, 9.17) is 14.2 Å². The lowest BCUT2D eigenvalue weighted by molar-refractivity contribution is 0.0925. The minimum atomic E-state index is -0.155. The van der Waals surface area contributed by atoms with Gasteiger partial charge < -0.3 is 19.5 Å². The number of nitrogens with one attached hydrogen (secondary N) is 1.